The Morgan fingerprint density at radius 2 is 2.15 bits per heavy atom. The van der Waals surface area contributed by atoms with Crippen LogP contribution in [0, 0.1) is 5.82 Å². The maximum Gasteiger partial charge on any atom is 0.126 e. The number of benzene rings is 1. The minimum absolute atomic E-state index is 0.156. The van der Waals surface area contributed by atoms with E-state index in [0.29, 0.717) is 27.5 Å². The van der Waals surface area contributed by atoms with Crippen molar-refractivity contribution in [1.82, 2.24) is 5.32 Å². The molecule has 1 aliphatic heterocycles. The quantitative estimate of drug-likeness (QED) is 0.865. The SMILES string of the molecule is CCC1SCCSC1C(Cc1cc(Cl)ccc1F)NC. The zero-order valence-electron chi connectivity index (χ0n) is 11.9. The topological polar surface area (TPSA) is 12.0 Å². The number of thioether (sulfide) groups is 2. The van der Waals surface area contributed by atoms with Gasteiger partial charge in [-0.1, -0.05) is 18.5 Å². The van der Waals surface area contributed by atoms with Gasteiger partial charge in [-0.05, 0) is 43.7 Å². The summed E-state index contributed by atoms with van der Waals surface area (Å²) in [7, 11) is 1.97. The summed E-state index contributed by atoms with van der Waals surface area (Å²) in [5.41, 5.74) is 0.711. The van der Waals surface area contributed by atoms with Gasteiger partial charge < -0.3 is 5.32 Å². The zero-order chi connectivity index (χ0) is 14.5. The molecule has 0 amide bonds. The van der Waals surface area contributed by atoms with Crippen molar-refractivity contribution < 1.29 is 4.39 Å². The van der Waals surface area contributed by atoms with Crippen LogP contribution in [0.15, 0.2) is 18.2 Å². The van der Waals surface area contributed by atoms with Gasteiger partial charge in [0, 0.05) is 33.1 Å². The van der Waals surface area contributed by atoms with Crippen molar-refractivity contribution in [3.63, 3.8) is 0 Å². The van der Waals surface area contributed by atoms with E-state index in [9.17, 15) is 4.39 Å². The fraction of sp³-hybridized carbons (Fsp3) is 0.600. The van der Waals surface area contributed by atoms with Gasteiger partial charge in [-0.3, -0.25) is 0 Å². The molecule has 0 aliphatic carbocycles. The molecule has 20 heavy (non-hydrogen) atoms. The molecule has 0 aromatic heterocycles. The van der Waals surface area contributed by atoms with E-state index in [0.717, 1.165) is 0 Å². The first-order chi connectivity index (χ1) is 9.65. The van der Waals surface area contributed by atoms with Crippen LogP contribution < -0.4 is 5.32 Å². The average Bonchev–Trinajstić information content (AvgIpc) is 2.48. The lowest BCUT2D eigenvalue weighted by atomic mass is 10.00. The van der Waals surface area contributed by atoms with Crippen molar-refractivity contribution in [2.45, 2.75) is 36.3 Å². The van der Waals surface area contributed by atoms with Gasteiger partial charge in [0.15, 0.2) is 0 Å². The molecule has 0 bridgehead atoms. The Morgan fingerprint density at radius 3 is 2.85 bits per heavy atom. The third kappa shape index (κ3) is 4.06. The van der Waals surface area contributed by atoms with Crippen LogP contribution in [0.3, 0.4) is 0 Å². The first-order valence-corrected chi connectivity index (χ1v) is 9.47. The fourth-order valence-electron chi connectivity index (χ4n) is 2.63. The highest BCUT2D eigenvalue weighted by molar-refractivity contribution is 8.07. The smallest absolute Gasteiger partial charge is 0.126 e. The third-order valence-corrected chi connectivity index (χ3v) is 7.35. The third-order valence-electron chi connectivity index (χ3n) is 3.71. The van der Waals surface area contributed by atoms with Gasteiger partial charge in [0.25, 0.3) is 0 Å². The minimum atomic E-state index is -0.156. The van der Waals surface area contributed by atoms with Gasteiger partial charge in [0.1, 0.15) is 5.82 Å². The second-order valence-corrected chi connectivity index (χ2v) is 8.06. The molecular formula is C15H21ClFNS2. The largest absolute Gasteiger partial charge is 0.316 e. The fourth-order valence-corrected chi connectivity index (χ4v) is 6.13. The highest BCUT2D eigenvalue weighted by atomic mass is 35.5. The van der Waals surface area contributed by atoms with E-state index >= 15 is 0 Å². The van der Waals surface area contributed by atoms with E-state index in [1.807, 2.05) is 18.8 Å². The first-order valence-electron chi connectivity index (χ1n) is 7.00. The molecule has 1 saturated heterocycles. The number of rotatable bonds is 5. The van der Waals surface area contributed by atoms with Crippen LogP contribution in [-0.4, -0.2) is 35.1 Å². The number of hydrogen-bond donors (Lipinski definition) is 1. The van der Waals surface area contributed by atoms with Gasteiger partial charge in [-0.25, -0.2) is 4.39 Å². The van der Waals surface area contributed by atoms with Gasteiger partial charge in [0.05, 0.1) is 0 Å². The Balaban J connectivity index is 2.13. The summed E-state index contributed by atoms with van der Waals surface area (Å²) in [6.07, 6.45) is 1.86. The van der Waals surface area contributed by atoms with Gasteiger partial charge in [-0.2, -0.15) is 23.5 Å². The molecule has 1 fully saturated rings. The molecule has 1 nitrogen and oxygen atoms in total. The summed E-state index contributed by atoms with van der Waals surface area (Å²) >= 11 is 10.1. The van der Waals surface area contributed by atoms with E-state index in [2.05, 4.69) is 24.0 Å². The molecule has 112 valence electrons. The second kappa shape index (κ2) is 7.92. The molecule has 1 aliphatic rings. The number of halogens is 2. The average molecular weight is 334 g/mol. The van der Waals surface area contributed by atoms with Gasteiger partial charge in [-0.15, -0.1) is 0 Å². The predicted octanol–water partition coefficient (Wildman–Crippen LogP) is 4.24. The maximum absolute atomic E-state index is 13.9. The van der Waals surface area contributed by atoms with E-state index in [-0.39, 0.29) is 11.9 Å². The molecule has 1 heterocycles. The summed E-state index contributed by atoms with van der Waals surface area (Å²) in [5.74, 6) is 2.25. The molecule has 5 heteroatoms. The molecule has 1 aromatic rings. The number of hydrogen-bond acceptors (Lipinski definition) is 3. The van der Waals surface area contributed by atoms with Crippen molar-refractivity contribution in [2.75, 3.05) is 18.6 Å². The van der Waals surface area contributed by atoms with Crippen LogP contribution in [0.2, 0.25) is 5.02 Å². The van der Waals surface area contributed by atoms with Crippen molar-refractivity contribution in [2.24, 2.45) is 0 Å². The highest BCUT2D eigenvalue weighted by Gasteiger charge is 2.31. The van der Waals surface area contributed by atoms with Crippen molar-refractivity contribution in [3.8, 4) is 0 Å². The van der Waals surface area contributed by atoms with E-state index < -0.39 is 0 Å². The van der Waals surface area contributed by atoms with Crippen molar-refractivity contribution >= 4 is 35.1 Å². The lowest BCUT2D eigenvalue weighted by Gasteiger charge is -2.36. The standard InChI is InChI=1S/C15H21ClFNS2/c1-3-14-15(20-7-6-19-14)13(18-2)9-10-8-11(16)4-5-12(10)17/h4-5,8,13-15,18H,3,6-7,9H2,1-2H3. The summed E-state index contributed by atoms with van der Waals surface area (Å²) < 4.78 is 13.9. The summed E-state index contributed by atoms with van der Waals surface area (Å²) in [4.78, 5) is 0. The number of likely N-dealkylation sites (N-methyl/N-ethyl adjacent to an activating group) is 1. The van der Waals surface area contributed by atoms with Crippen LogP contribution in [0.1, 0.15) is 18.9 Å². The minimum Gasteiger partial charge on any atom is -0.316 e. The number of nitrogens with one attached hydrogen (secondary N) is 1. The molecule has 1 aromatic carbocycles. The molecule has 0 spiro atoms. The van der Waals surface area contributed by atoms with Crippen LogP contribution in [-0.2, 0) is 6.42 Å². The molecule has 2 rings (SSSR count). The summed E-state index contributed by atoms with van der Waals surface area (Å²) in [6, 6.07) is 5.10. The Morgan fingerprint density at radius 1 is 1.40 bits per heavy atom. The van der Waals surface area contributed by atoms with Crippen LogP contribution in [0.4, 0.5) is 4.39 Å². The first kappa shape index (κ1) is 16.5. The van der Waals surface area contributed by atoms with E-state index in [1.165, 1.54) is 24.0 Å². The maximum atomic E-state index is 13.9. The Bertz CT molecular complexity index is 444. The second-order valence-electron chi connectivity index (χ2n) is 4.99. The molecule has 0 radical (unpaired) electrons. The summed E-state index contributed by atoms with van der Waals surface area (Å²) in [6.45, 7) is 2.24. The molecular weight excluding hydrogens is 313 g/mol. The molecule has 3 unspecified atom stereocenters. The lowest BCUT2D eigenvalue weighted by molar-refractivity contribution is 0.503. The monoisotopic (exact) mass is 333 g/mol. The van der Waals surface area contributed by atoms with Crippen LogP contribution in [0.25, 0.3) is 0 Å². The summed E-state index contributed by atoms with van der Waals surface area (Å²) in [5, 5.41) is 5.17. The van der Waals surface area contributed by atoms with E-state index in [4.69, 9.17) is 11.6 Å². The highest BCUT2D eigenvalue weighted by Crippen LogP contribution is 2.36. The zero-order valence-corrected chi connectivity index (χ0v) is 14.3. The van der Waals surface area contributed by atoms with E-state index in [1.54, 1.807) is 12.1 Å². The Labute approximate surface area is 134 Å². The molecule has 0 saturated carbocycles. The van der Waals surface area contributed by atoms with Crippen molar-refractivity contribution in [3.05, 3.63) is 34.6 Å². The Hall–Kier alpha value is 0.1000. The normalized spacial score (nSPS) is 24.6. The van der Waals surface area contributed by atoms with Gasteiger partial charge in [0.2, 0.25) is 0 Å². The lowest BCUT2D eigenvalue weighted by Crippen LogP contribution is -2.45. The van der Waals surface area contributed by atoms with Gasteiger partial charge >= 0.3 is 0 Å². The molecule has 3 atom stereocenters. The van der Waals surface area contributed by atoms with Crippen LogP contribution >= 0.6 is 35.1 Å². The molecule has 1 N–H and O–H groups in total. The predicted molar refractivity (Wildman–Crippen MR) is 90.7 cm³/mol. The Kier molecular flexibility index (Phi) is 6.53. The van der Waals surface area contributed by atoms with Crippen LogP contribution in [0.5, 0.6) is 0 Å². The van der Waals surface area contributed by atoms with Crippen molar-refractivity contribution in [1.29, 1.82) is 0 Å².